The number of ether oxygens (including phenoxy) is 1. The van der Waals surface area contributed by atoms with E-state index in [1.54, 1.807) is 36.0 Å². The van der Waals surface area contributed by atoms with Crippen molar-refractivity contribution in [2.45, 2.75) is 6.54 Å². The van der Waals surface area contributed by atoms with Gasteiger partial charge >= 0.3 is 5.97 Å². The third kappa shape index (κ3) is 2.58. The second-order valence-corrected chi connectivity index (χ2v) is 4.76. The summed E-state index contributed by atoms with van der Waals surface area (Å²) in [4.78, 5) is 15.6. The van der Waals surface area contributed by atoms with E-state index in [0.717, 1.165) is 11.3 Å². The van der Waals surface area contributed by atoms with Crippen LogP contribution in [0.15, 0.2) is 48.8 Å². The highest BCUT2D eigenvalue weighted by atomic mass is 16.5. The number of carbonyl (C=O) groups is 1. The van der Waals surface area contributed by atoms with E-state index in [9.17, 15) is 9.90 Å². The lowest BCUT2D eigenvalue weighted by Gasteiger charge is -2.12. The number of benzene rings is 1. The summed E-state index contributed by atoms with van der Waals surface area (Å²) < 4.78 is 6.73. The van der Waals surface area contributed by atoms with Crippen LogP contribution in [0.5, 0.6) is 5.75 Å². The maximum atomic E-state index is 11.5. The summed E-state index contributed by atoms with van der Waals surface area (Å²) in [6.45, 7) is 0.498. The zero-order valence-corrected chi connectivity index (χ0v) is 12.0. The van der Waals surface area contributed by atoms with Gasteiger partial charge in [-0.2, -0.15) is 0 Å². The predicted molar refractivity (Wildman–Crippen MR) is 82.5 cm³/mol. The first-order valence-corrected chi connectivity index (χ1v) is 6.75. The Labute approximate surface area is 127 Å². The third-order valence-electron chi connectivity index (χ3n) is 3.38. The van der Waals surface area contributed by atoms with Crippen LogP contribution in [0.4, 0.5) is 5.69 Å². The molecule has 3 aromatic rings. The van der Waals surface area contributed by atoms with Crippen molar-refractivity contribution in [3.63, 3.8) is 0 Å². The molecule has 0 aliphatic rings. The molecule has 0 aliphatic carbocycles. The summed E-state index contributed by atoms with van der Waals surface area (Å²) in [6.07, 6.45) is 3.21. The standard InChI is InChI=1S/C16H15N3O3/c1-22-12-4-2-3-11(9-12)10-18-13-5-6-14-17-7-8-19(14)15(13)16(20)21/h2-9,18H,10H2,1H3,(H,20,21). The molecule has 0 fully saturated rings. The van der Waals surface area contributed by atoms with Crippen LogP contribution in [0.2, 0.25) is 0 Å². The predicted octanol–water partition coefficient (Wildman–Crippen LogP) is 2.65. The highest BCUT2D eigenvalue weighted by molar-refractivity contribution is 5.93. The minimum Gasteiger partial charge on any atom is -0.497 e. The fourth-order valence-electron chi connectivity index (χ4n) is 2.33. The summed E-state index contributed by atoms with van der Waals surface area (Å²) in [7, 11) is 1.61. The second-order valence-electron chi connectivity index (χ2n) is 4.76. The molecule has 0 unspecified atom stereocenters. The Morgan fingerprint density at radius 1 is 1.36 bits per heavy atom. The molecule has 0 saturated carbocycles. The molecule has 22 heavy (non-hydrogen) atoms. The number of nitrogens with zero attached hydrogens (tertiary/aromatic N) is 2. The SMILES string of the molecule is COc1cccc(CNc2ccc3nccn3c2C(=O)O)c1. The molecule has 0 atom stereocenters. The van der Waals surface area contributed by atoms with Crippen molar-refractivity contribution in [3.05, 3.63) is 60.0 Å². The minimum absolute atomic E-state index is 0.165. The highest BCUT2D eigenvalue weighted by Gasteiger charge is 2.14. The van der Waals surface area contributed by atoms with Gasteiger partial charge in [0.1, 0.15) is 11.4 Å². The zero-order valence-electron chi connectivity index (χ0n) is 12.0. The smallest absolute Gasteiger partial charge is 0.355 e. The Morgan fingerprint density at radius 2 is 2.23 bits per heavy atom. The molecule has 0 bridgehead atoms. The van der Waals surface area contributed by atoms with Crippen LogP contribution in [-0.2, 0) is 6.54 Å². The van der Waals surface area contributed by atoms with Crippen LogP contribution in [0.25, 0.3) is 5.65 Å². The van der Waals surface area contributed by atoms with Gasteiger partial charge in [0.2, 0.25) is 0 Å². The Hall–Kier alpha value is -3.02. The molecule has 6 heteroatoms. The molecule has 2 heterocycles. The zero-order chi connectivity index (χ0) is 15.5. The van der Waals surface area contributed by atoms with Gasteiger partial charge in [0.15, 0.2) is 5.69 Å². The number of aromatic carboxylic acids is 1. The normalized spacial score (nSPS) is 10.6. The summed E-state index contributed by atoms with van der Waals surface area (Å²) in [5.74, 6) is -0.237. The number of carboxylic acid groups (broad SMARTS) is 1. The Kier molecular flexibility index (Phi) is 3.65. The van der Waals surface area contributed by atoms with E-state index in [2.05, 4.69) is 10.3 Å². The number of imidazole rings is 1. The number of methoxy groups -OCH3 is 1. The number of nitrogens with one attached hydrogen (secondary N) is 1. The first kappa shape index (κ1) is 13.9. The van der Waals surface area contributed by atoms with E-state index in [1.165, 1.54) is 0 Å². The first-order valence-electron chi connectivity index (χ1n) is 6.75. The molecule has 2 aromatic heterocycles. The van der Waals surface area contributed by atoms with E-state index in [-0.39, 0.29) is 5.69 Å². The largest absolute Gasteiger partial charge is 0.497 e. The molecular formula is C16H15N3O3. The van der Waals surface area contributed by atoms with E-state index in [0.29, 0.717) is 17.9 Å². The third-order valence-corrected chi connectivity index (χ3v) is 3.38. The van der Waals surface area contributed by atoms with Crippen LogP contribution < -0.4 is 10.1 Å². The number of carboxylic acids is 1. The molecule has 0 spiro atoms. The van der Waals surface area contributed by atoms with Crippen LogP contribution in [0.1, 0.15) is 16.1 Å². The van der Waals surface area contributed by atoms with Crippen LogP contribution >= 0.6 is 0 Å². The minimum atomic E-state index is -1.00. The first-order chi connectivity index (χ1) is 10.7. The fraction of sp³-hybridized carbons (Fsp3) is 0.125. The van der Waals surface area contributed by atoms with Crippen molar-refractivity contribution in [2.24, 2.45) is 0 Å². The van der Waals surface area contributed by atoms with E-state index in [1.807, 2.05) is 24.3 Å². The molecular weight excluding hydrogens is 282 g/mol. The number of hydrogen-bond acceptors (Lipinski definition) is 4. The van der Waals surface area contributed by atoms with E-state index in [4.69, 9.17) is 4.74 Å². The highest BCUT2D eigenvalue weighted by Crippen LogP contribution is 2.20. The molecule has 112 valence electrons. The van der Waals surface area contributed by atoms with Crippen molar-refractivity contribution in [1.82, 2.24) is 9.38 Å². The lowest BCUT2D eigenvalue weighted by Crippen LogP contribution is -2.11. The lowest BCUT2D eigenvalue weighted by molar-refractivity contribution is 0.0690. The van der Waals surface area contributed by atoms with Gasteiger partial charge in [-0.1, -0.05) is 12.1 Å². The molecule has 0 aliphatic heterocycles. The molecule has 3 rings (SSSR count). The quantitative estimate of drug-likeness (QED) is 0.757. The molecule has 6 nitrogen and oxygen atoms in total. The molecule has 1 aromatic carbocycles. The van der Waals surface area contributed by atoms with Gasteiger partial charge in [0.25, 0.3) is 0 Å². The van der Waals surface area contributed by atoms with Crippen molar-refractivity contribution in [1.29, 1.82) is 0 Å². The topological polar surface area (TPSA) is 75.9 Å². The van der Waals surface area contributed by atoms with E-state index >= 15 is 0 Å². The Morgan fingerprint density at radius 3 is 3.00 bits per heavy atom. The fourth-order valence-corrected chi connectivity index (χ4v) is 2.33. The molecule has 2 N–H and O–H groups in total. The number of hydrogen-bond donors (Lipinski definition) is 2. The summed E-state index contributed by atoms with van der Waals surface area (Å²) in [5.41, 5.74) is 2.31. The lowest BCUT2D eigenvalue weighted by atomic mass is 10.2. The van der Waals surface area contributed by atoms with Crippen LogP contribution in [-0.4, -0.2) is 27.6 Å². The van der Waals surface area contributed by atoms with Gasteiger partial charge in [-0.15, -0.1) is 0 Å². The Balaban J connectivity index is 1.90. The van der Waals surface area contributed by atoms with Crippen LogP contribution in [0, 0.1) is 0 Å². The molecule has 0 saturated heterocycles. The van der Waals surface area contributed by atoms with E-state index < -0.39 is 5.97 Å². The monoisotopic (exact) mass is 297 g/mol. The average Bonchev–Trinajstić information content (AvgIpc) is 3.00. The van der Waals surface area contributed by atoms with Crippen molar-refractivity contribution < 1.29 is 14.6 Å². The molecule has 0 radical (unpaired) electrons. The molecule has 0 amide bonds. The summed E-state index contributed by atoms with van der Waals surface area (Å²) >= 11 is 0. The second kappa shape index (κ2) is 5.77. The van der Waals surface area contributed by atoms with Crippen molar-refractivity contribution >= 4 is 17.3 Å². The number of aromatic nitrogens is 2. The summed E-state index contributed by atoms with van der Waals surface area (Å²) in [6, 6.07) is 11.1. The van der Waals surface area contributed by atoms with Gasteiger partial charge in [0, 0.05) is 18.9 Å². The van der Waals surface area contributed by atoms with Crippen molar-refractivity contribution in [3.8, 4) is 5.75 Å². The van der Waals surface area contributed by atoms with Gasteiger partial charge in [-0.05, 0) is 29.8 Å². The van der Waals surface area contributed by atoms with Gasteiger partial charge in [-0.25, -0.2) is 9.78 Å². The van der Waals surface area contributed by atoms with Gasteiger partial charge in [0.05, 0.1) is 12.8 Å². The maximum Gasteiger partial charge on any atom is 0.355 e. The number of rotatable bonds is 5. The van der Waals surface area contributed by atoms with Gasteiger partial charge in [-0.3, -0.25) is 4.40 Å². The van der Waals surface area contributed by atoms with Crippen LogP contribution in [0.3, 0.4) is 0 Å². The maximum absolute atomic E-state index is 11.5. The number of anilines is 1. The summed E-state index contributed by atoms with van der Waals surface area (Å²) in [5, 5.41) is 12.6. The number of fused-ring (bicyclic) bond motifs is 1. The number of pyridine rings is 1. The van der Waals surface area contributed by atoms with Gasteiger partial charge < -0.3 is 15.2 Å². The van der Waals surface area contributed by atoms with Crippen molar-refractivity contribution in [2.75, 3.05) is 12.4 Å². The average molecular weight is 297 g/mol. The Bertz CT molecular complexity index is 826.